The van der Waals surface area contributed by atoms with Crippen molar-refractivity contribution in [2.75, 3.05) is 26.1 Å². The van der Waals surface area contributed by atoms with Crippen molar-refractivity contribution in [3.63, 3.8) is 0 Å². The fourth-order valence-corrected chi connectivity index (χ4v) is 5.22. The van der Waals surface area contributed by atoms with E-state index < -0.39 is 57.3 Å². The van der Waals surface area contributed by atoms with Crippen molar-refractivity contribution < 1.29 is 41.4 Å². The van der Waals surface area contributed by atoms with Crippen molar-refractivity contribution in [2.24, 2.45) is 0 Å². The zero-order chi connectivity index (χ0) is 21.3. The number of benzene rings is 1. The lowest BCUT2D eigenvalue weighted by Crippen LogP contribution is -2.70. The molecular weight excluding hydrogens is 409 g/mol. The van der Waals surface area contributed by atoms with E-state index in [1.165, 1.54) is 19.2 Å². The Morgan fingerprint density at radius 1 is 1.17 bits per heavy atom. The lowest BCUT2D eigenvalue weighted by Gasteiger charge is -2.49. The Hall–Kier alpha value is -2.79. The molecule has 156 valence electrons. The van der Waals surface area contributed by atoms with Crippen molar-refractivity contribution in [3.8, 4) is 0 Å². The number of halogens is 1. The van der Waals surface area contributed by atoms with Crippen LogP contribution in [0, 0.1) is 5.82 Å². The lowest BCUT2D eigenvalue weighted by atomic mass is 10.1. The molecule has 0 bridgehead atoms. The third-order valence-electron chi connectivity index (χ3n) is 4.56. The highest BCUT2D eigenvalue weighted by atomic mass is 32.2. The van der Waals surface area contributed by atoms with Crippen LogP contribution in [0.4, 0.5) is 4.39 Å². The summed E-state index contributed by atoms with van der Waals surface area (Å²) in [6.45, 7) is 0.359. The molecule has 0 saturated carbocycles. The predicted molar refractivity (Wildman–Crippen MR) is 95.6 cm³/mol. The number of carbonyl (C=O) groups excluding carboxylic acids is 3. The van der Waals surface area contributed by atoms with Crippen LogP contribution in [-0.2, 0) is 33.6 Å². The zero-order valence-electron chi connectivity index (χ0n) is 15.6. The van der Waals surface area contributed by atoms with E-state index in [2.05, 4.69) is 0 Å². The summed E-state index contributed by atoms with van der Waals surface area (Å²) in [7, 11) is -2.57. The molecular formula is C18H18FNO8S. The van der Waals surface area contributed by atoms with Gasteiger partial charge in [0.1, 0.15) is 19.0 Å². The number of hydrogen-bond donors (Lipinski definition) is 0. The molecule has 1 aromatic carbocycles. The topological polar surface area (TPSA) is 116 Å². The normalized spacial score (nSPS) is 22.6. The Kier molecular flexibility index (Phi) is 5.71. The predicted octanol–water partition coefficient (Wildman–Crippen LogP) is 0.411. The summed E-state index contributed by atoms with van der Waals surface area (Å²) >= 11 is 0. The largest absolute Gasteiger partial charge is 0.461 e. The standard InChI is InChI=1S/C18H18FNO8S/c1-10(21)27-7-12-9-29(24,25)17-15(26-2)16(22)20(17)14(12)8-28-18(23)11-3-5-13(19)6-4-11/h3-6,15,17H,7-9H2,1-2H3/t15-,17+/m0/s1. The highest BCUT2D eigenvalue weighted by molar-refractivity contribution is 7.92. The highest BCUT2D eigenvalue weighted by Crippen LogP contribution is 2.38. The molecule has 1 amide bonds. The zero-order valence-corrected chi connectivity index (χ0v) is 16.4. The fourth-order valence-electron chi connectivity index (χ4n) is 3.16. The van der Waals surface area contributed by atoms with E-state index in [4.69, 9.17) is 14.2 Å². The van der Waals surface area contributed by atoms with Crippen molar-refractivity contribution in [1.29, 1.82) is 0 Å². The Balaban J connectivity index is 1.87. The van der Waals surface area contributed by atoms with Gasteiger partial charge in [-0.15, -0.1) is 0 Å². The first-order valence-electron chi connectivity index (χ1n) is 8.50. The third-order valence-corrected chi connectivity index (χ3v) is 6.50. The summed E-state index contributed by atoms with van der Waals surface area (Å²) in [5.41, 5.74) is 0.337. The second-order valence-electron chi connectivity index (χ2n) is 6.48. The summed E-state index contributed by atoms with van der Waals surface area (Å²) in [5.74, 6) is -3.02. The van der Waals surface area contributed by atoms with Crippen LogP contribution in [0.5, 0.6) is 0 Å². The Bertz CT molecular complexity index is 986. The molecule has 0 aliphatic carbocycles. The lowest BCUT2D eigenvalue weighted by molar-refractivity contribution is -0.159. The van der Waals surface area contributed by atoms with Gasteiger partial charge in [-0.1, -0.05) is 0 Å². The molecule has 2 aliphatic heterocycles. The number of methoxy groups -OCH3 is 1. The quantitative estimate of drug-likeness (QED) is 0.474. The average molecular weight is 427 g/mol. The maximum Gasteiger partial charge on any atom is 0.338 e. The minimum atomic E-state index is -3.79. The van der Waals surface area contributed by atoms with Crippen LogP contribution in [0.25, 0.3) is 0 Å². The fraction of sp³-hybridized carbons (Fsp3) is 0.389. The van der Waals surface area contributed by atoms with Crippen LogP contribution in [-0.4, -0.2) is 68.7 Å². The number of esters is 2. The molecule has 0 unspecified atom stereocenters. The van der Waals surface area contributed by atoms with Gasteiger partial charge in [0.15, 0.2) is 21.3 Å². The number of sulfone groups is 1. The van der Waals surface area contributed by atoms with Crippen LogP contribution >= 0.6 is 0 Å². The van der Waals surface area contributed by atoms with Gasteiger partial charge in [-0.05, 0) is 24.3 Å². The summed E-state index contributed by atoms with van der Waals surface area (Å²) in [5, 5.41) is -1.24. The number of rotatable bonds is 6. The number of hydrogen-bond acceptors (Lipinski definition) is 8. The Morgan fingerprint density at radius 3 is 2.41 bits per heavy atom. The number of nitrogens with zero attached hydrogens (tertiary/aromatic N) is 1. The minimum Gasteiger partial charge on any atom is -0.461 e. The summed E-state index contributed by atoms with van der Waals surface area (Å²) < 4.78 is 53.2. The van der Waals surface area contributed by atoms with Crippen molar-refractivity contribution in [1.82, 2.24) is 4.90 Å². The molecule has 1 fully saturated rings. The van der Waals surface area contributed by atoms with Gasteiger partial charge in [0.25, 0.3) is 5.91 Å². The molecule has 11 heteroatoms. The van der Waals surface area contributed by atoms with E-state index in [1.54, 1.807) is 0 Å². The first kappa shape index (κ1) is 20.9. The number of amides is 1. The average Bonchev–Trinajstić information content (AvgIpc) is 2.65. The number of ether oxygens (including phenoxy) is 3. The minimum absolute atomic E-state index is 0.0817. The SMILES string of the molecule is CO[C@H]1C(=O)N2C(COC(=O)c3ccc(F)cc3)=C(COC(C)=O)CS(=O)(=O)[C@H]12. The van der Waals surface area contributed by atoms with Crippen molar-refractivity contribution in [2.45, 2.75) is 18.4 Å². The molecule has 0 aromatic heterocycles. The Labute approximate surface area is 165 Å². The van der Waals surface area contributed by atoms with Gasteiger partial charge in [0, 0.05) is 19.6 Å². The molecule has 3 rings (SSSR count). The monoisotopic (exact) mass is 427 g/mol. The molecule has 0 N–H and O–H groups in total. The van der Waals surface area contributed by atoms with E-state index in [1.807, 2.05) is 0 Å². The van der Waals surface area contributed by atoms with E-state index in [0.29, 0.717) is 0 Å². The van der Waals surface area contributed by atoms with Gasteiger partial charge >= 0.3 is 11.9 Å². The smallest absolute Gasteiger partial charge is 0.338 e. The van der Waals surface area contributed by atoms with Crippen LogP contribution in [0.3, 0.4) is 0 Å². The summed E-state index contributed by atoms with van der Waals surface area (Å²) in [6.07, 6.45) is -1.15. The van der Waals surface area contributed by atoms with Crippen LogP contribution in [0.2, 0.25) is 0 Å². The van der Waals surface area contributed by atoms with Crippen molar-refractivity contribution >= 4 is 27.7 Å². The van der Waals surface area contributed by atoms with Crippen molar-refractivity contribution in [3.05, 3.63) is 46.9 Å². The molecule has 2 heterocycles. The first-order valence-corrected chi connectivity index (χ1v) is 10.2. The van der Waals surface area contributed by atoms with Gasteiger partial charge in [-0.3, -0.25) is 14.5 Å². The van der Waals surface area contributed by atoms with Crippen LogP contribution < -0.4 is 0 Å². The molecule has 0 radical (unpaired) electrons. The molecule has 29 heavy (non-hydrogen) atoms. The molecule has 2 aliphatic rings. The third kappa shape index (κ3) is 4.01. The number of carbonyl (C=O) groups is 3. The molecule has 9 nitrogen and oxygen atoms in total. The van der Waals surface area contributed by atoms with Gasteiger partial charge in [-0.2, -0.15) is 0 Å². The van der Waals surface area contributed by atoms with Gasteiger partial charge in [-0.25, -0.2) is 17.6 Å². The highest BCUT2D eigenvalue weighted by Gasteiger charge is 2.59. The maximum absolute atomic E-state index is 13.0. The van der Waals surface area contributed by atoms with Crippen LogP contribution in [0.15, 0.2) is 35.5 Å². The number of fused-ring (bicyclic) bond motifs is 1. The Morgan fingerprint density at radius 2 is 1.83 bits per heavy atom. The molecule has 1 saturated heterocycles. The van der Waals surface area contributed by atoms with Gasteiger partial charge in [0.2, 0.25) is 0 Å². The maximum atomic E-state index is 13.0. The summed E-state index contributed by atoms with van der Waals surface area (Å²) in [6, 6.07) is 4.64. The molecule has 2 atom stereocenters. The second-order valence-corrected chi connectivity index (χ2v) is 8.57. The van der Waals surface area contributed by atoms with Gasteiger partial charge < -0.3 is 14.2 Å². The van der Waals surface area contributed by atoms with E-state index in [0.717, 1.165) is 24.0 Å². The van der Waals surface area contributed by atoms with E-state index >= 15 is 0 Å². The number of β-lactam (4-membered cyclic amide) rings is 1. The van der Waals surface area contributed by atoms with E-state index in [-0.39, 0.29) is 23.4 Å². The van der Waals surface area contributed by atoms with Crippen LogP contribution in [0.1, 0.15) is 17.3 Å². The molecule has 1 aromatic rings. The first-order chi connectivity index (χ1) is 13.7. The van der Waals surface area contributed by atoms with Gasteiger partial charge in [0.05, 0.1) is 17.0 Å². The summed E-state index contributed by atoms with van der Waals surface area (Å²) in [4.78, 5) is 36.7. The van der Waals surface area contributed by atoms with E-state index in [9.17, 15) is 27.2 Å². The second kappa shape index (κ2) is 7.91. The molecule has 0 spiro atoms.